The summed E-state index contributed by atoms with van der Waals surface area (Å²) in [5, 5.41) is 14.1. The summed E-state index contributed by atoms with van der Waals surface area (Å²) in [6.07, 6.45) is -0.522. The van der Waals surface area contributed by atoms with Crippen molar-refractivity contribution < 1.29 is 17.9 Å². The molecule has 0 aliphatic carbocycles. The number of nitrogens with zero attached hydrogens (tertiary/aromatic N) is 5. The van der Waals surface area contributed by atoms with Gasteiger partial charge in [0.2, 0.25) is 5.88 Å². The van der Waals surface area contributed by atoms with E-state index in [9.17, 15) is 13.2 Å². The van der Waals surface area contributed by atoms with Crippen LogP contribution in [0.3, 0.4) is 0 Å². The molecule has 2 heterocycles. The molecule has 2 N–H and O–H groups in total. The van der Waals surface area contributed by atoms with Gasteiger partial charge in [0, 0.05) is 45.4 Å². The number of hydrogen-bond donors (Lipinski definition) is 2. The molecule has 0 radical (unpaired) electrons. The van der Waals surface area contributed by atoms with Gasteiger partial charge in [0.1, 0.15) is 12.2 Å². The first-order valence-electron chi connectivity index (χ1n) is 8.37. The normalized spacial score (nSPS) is 11.7. The van der Waals surface area contributed by atoms with E-state index in [0.29, 0.717) is 25.6 Å². The molecule has 2 aromatic heterocycles. The van der Waals surface area contributed by atoms with E-state index < -0.39 is 12.8 Å². The molecular formula is C16H23F3IN7O. The average Bonchev–Trinajstić information content (AvgIpc) is 3.10. The molecule has 0 aliphatic rings. The molecular weight excluding hydrogens is 490 g/mol. The number of ether oxygens (including phenoxy) is 1. The molecule has 0 amide bonds. The monoisotopic (exact) mass is 513 g/mol. The van der Waals surface area contributed by atoms with Crippen molar-refractivity contribution >= 4 is 29.9 Å². The summed E-state index contributed by atoms with van der Waals surface area (Å²) >= 11 is 0. The molecule has 0 atom stereocenters. The Hall–Kier alpha value is -2.12. The molecule has 0 fully saturated rings. The maximum absolute atomic E-state index is 12.2. The Balaban J connectivity index is 0.00000392. The first-order valence-corrected chi connectivity index (χ1v) is 8.37. The van der Waals surface area contributed by atoms with Crippen LogP contribution in [-0.4, -0.2) is 52.1 Å². The number of aryl methyl sites for hydroxylation is 1. The zero-order valence-corrected chi connectivity index (χ0v) is 17.9. The summed E-state index contributed by atoms with van der Waals surface area (Å²) < 4.78 is 43.2. The van der Waals surface area contributed by atoms with Crippen molar-refractivity contribution in [2.45, 2.75) is 32.6 Å². The van der Waals surface area contributed by atoms with Crippen LogP contribution in [0.15, 0.2) is 29.6 Å². The fraction of sp³-hybridized carbons (Fsp3) is 0.500. The maximum atomic E-state index is 12.2. The standard InChI is InChI=1S/C16H22F3N7O.HI/c1-3-13-25-24-11-26(13)7-6-22-15(20-2)23-9-12-4-5-21-14(8-12)27-10-16(17,18)19;/h4-5,8,11H,3,6-7,9-10H2,1-2H3,(H2,20,22,23);1H. The van der Waals surface area contributed by atoms with Gasteiger partial charge in [-0.25, -0.2) is 4.98 Å². The van der Waals surface area contributed by atoms with Crippen LogP contribution in [0.5, 0.6) is 5.88 Å². The predicted octanol–water partition coefficient (Wildman–Crippen LogP) is 2.16. The van der Waals surface area contributed by atoms with E-state index in [0.717, 1.165) is 17.8 Å². The van der Waals surface area contributed by atoms with E-state index in [1.54, 1.807) is 19.4 Å². The van der Waals surface area contributed by atoms with Crippen LogP contribution in [0.4, 0.5) is 13.2 Å². The fourth-order valence-corrected chi connectivity index (χ4v) is 2.24. The van der Waals surface area contributed by atoms with Crippen molar-refractivity contribution in [2.24, 2.45) is 4.99 Å². The minimum atomic E-state index is -4.40. The minimum Gasteiger partial charge on any atom is -0.468 e. The van der Waals surface area contributed by atoms with Crippen LogP contribution in [0.25, 0.3) is 0 Å². The van der Waals surface area contributed by atoms with Crippen molar-refractivity contribution in [3.63, 3.8) is 0 Å². The van der Waals surface area contributed by atoms with E-state index in [-0.39, 0.29) is 29.9 Å². The summed E-state index contributed by atoms with van der Waals surface area (Å²) in [7, 11) is 1.63. The van der Waals surface area contributed by atoms with Gasteiger partial charge in [0.05, 0.1) is 0 Å². The lowest BCUT2D eigenvalue weighted by Crippen LogP contribution is -2.38. The zero-order valence-electron chi connectivity index (χ0n) is 15.5. The van der Waals surface area contributed by atoms with Crippen LogP contribution >= 0.6 is 24.0 Å². The number of aromatic nitrogens is 4. The molecule has 8 nitrogen and oxygen atoms in total. The van der Waals surface area contributed by atoms with Gasteiger partial charge in [-0.15, -0.1) is 34.2 Å². The van der Waals surface area contributed by atoms with Crippen molar-refractivity contribution in [1.29, 1.82) is 0 Å². The number of pyridine rings is 1. The first-order chi connectivity index (χ1) is 12.9. The van der Waals surface area contributed by atoms with Gasteiger partial charge in [0.15, 0.2) is 12.6 Å². The Morgan fingerprint density at radius 3 is 2.79 bits per heavy atom. The second-order valence-corrected chi connectivity index (χ2v) is 5.55. The van der Waals surface area contributed by atoms with Crippen LogP contribution in [-0.2, 0) is 19.5 Å². The number of aliphatic imine (C=N–C) groups is 1. The third-order valence-electron chi connectivity index (χ3n) is 3.52. The minimum absolute atomic E-state index is 0. The zero-order chi connectivity index (χ0) is 19.7. The third-order valence-corrected chi connectivity index (χ3v) is 3.52. The van der Waals surface area contributed by atoms with Gasteiger partial charge in [-0.2, -0.15) is 13.2 Å². The largest absolute Gasteiger partial charge is 0.468 e. The van der Waals surface area contributed by atoms with E-state index in [2.05, 4.69) is 35.5 Å². The van der Waals surface area contributed by atoms with Gasteiger partial charge < -0.3 is 19.9 Å². The summed E-state index contributed by atoms with van der Waals surface area (Å²) in [5.74, 6) is 1.40. The number of guanidine groups is 1. The van der Waals surface area contributed by atoms with Gasteiger partial charge >= 0.3 is 6.18 Å². The van der Waals surface area contributed by atoms with Crippen molar-refractivity contribution in [3.8, 4) is 5.88 Å². The van der Waals surface area contributed by atoms with Crippen LogP contribution in [0.1, 0.15) is 18.3 Å². The SMILES string of the molecule is CCc1nncn1CCNC(=NC)NCc1ccnc(OCC(F)(F)F)c1.I. The summed E-state index contributed by atoms with van der Waals surface area (Å²) in [4.78, 5) is 7.89. The number of halogens is 4. The molecule has 0 saturated carbocycles. The van der Waals surface area contributed by atoms with Crippen molar-refractivity contribution in [1.82, 2.24) is 30.4 Å². The Morgan fingerprint density at radius 1 is 1.32 bits per heavy atom. The highest BCUT2D eigenvalue weighted by molar-refractivity contribution is 14.0. The molecule has 0 aromatic carbocycles. The maximum Gasteiger partial charge on any atom is 0.422 e. The molecule has 2 aromatic rings. The second-order valence-electron chi connectivity index (χ2n) is 5.55. The first kappa shape index (κ1) is 23.9. The summed E-state index contributed by atoms with van der Waals surface area (Å²) in [6, 6.07) is 3.14. The molecule has 0 bridgehead atoms. The van der Waals surface area contributed by atoms with Crippen molar-refractivity contribution in [2.75, 3.05) is 20.2 Å². The topological polar surface area (TPSA) is 89.2 Å². The number of nitrogens with one attached hydrogen (secondary N) is 2. The lowest BCUT2D eigenvalue weighted by molar-refractivity contribution is -0.154. The van der Waals surface area contributed by atoms with E-state index in [1.165, 1.54) is 12.3 Å². The lowest BCUT2D eigenvalue weighted by atomic mass is 10.2. The van der Waals surface area contributed by atoms with E-state index >= 15 is 0 Å². The second kappa shape index (κ2) is 11.7. The molecule has 156 valence electrons. The summed E-state index contributed by atoms with van der Waals surface area (Å²) in [6.45, 7) is 2.29. The highest BCUT2D eigenvalue weighted by atomic mass is 127. The van der Waals surface area contributed by atoms with E-state index in [4.69, 9.17) is 0 Å². The number of alkyl halides is 3. The number of hydrogen-bond acceptors (Lipinski definition) is 5. The molecule has 0 aliphatic heterocycles. The molecule has 0 spiro atoms. The third kappa shape index (κ3) is 8.27. The van der Waals surface area contributed by atoms with Crippen LogP contribution in [0.2, 0.25) is 0 Å². The lowest BCUT2D eigenvalue weighted by Gasteiger charge is -2.13. The Morgan fingerprint density at radius 2 is 2.11 bits per heavy atom. The smallest absolute Gasteiger partial charge is 0.422 e. The van der Waals surface area contributed by atoms with Crippen LogP contribution < -0.4 is 15.4 Å². The average molecular weight is 513 g/mol. The van der Waals surface area contributed by atoms with Gasteiger partial charge in [-0.05, 0) is 11.6 Å². The van der Waals surface area contributed by atoms with Crippen molar-refractivity contribution in [3.05, 3.63) is 36.0 Å². The molecule has 28 heavy (non-hydrogen) atoms. The highest BCUT2D eigenvalue weighted by Gasteiger charge is 2.28. The molecule has 12 heteroatoms. The molecule has 2 rings (SSSR count). The summed E-state index contributed by atoms with van der Waals surface area (Å²) in [5.41, 5.74) is 0.720. The van der Waals surface area contributed by atoms with E-state index in [1.807, 2.05) is 11.5 Å². The highest BCUT2D eigenvalue weighted by Crippen LogP contribution is 2.17. The fourth-order valence-electron chi connectivity index (χ4n) is 2.24. The van der Waals surface area contributed by atoms with Gasteiger partial charge in [-0.1, -0.05) is 6.92 Å². The Labute approximate surface area is 178 Å². The molecule has 0 unspecified atom stereocenters. The predicted molar refractivity (Wildman–Crippen MR) is 109 cm³/mol. The van der Waals surface area contributed by atoms with Gasteiger partial charge in [-0.3, -0.25) is 4.99 Å². The Bertz CT molecular complexity index is 752. The molecule has 0 saturated heterocycles. The van der Waals surface area contributed by atoms with Crippen LogP contribution in [0, 0.1) is 0 Å². The quantitative estimate of drug-likeness (QED) is 0.320. The number of rotatable bonds is 8. The van der Waals surface area contributed by atoms with Gasteiger partial charge in [0.25, 0.3) is 0 Å². The Kier molecular flexibility index (Phi) is 9.96.